The van der Waals surface area contributed by atoms with Gasteiger partial charge >= 0.3 is 0 Å². The molecule has 1 aliphatic rings. The molecule has 0 saturated carbocycles. The summed E-state index contributed by atoms with van der Waals surface area (Å²) >= 11 is 0. The van der Waals surface area contributed by atoms with Crippen molar-refractivity contribution in [2.75, 3.05) is 13.2 Å². The maximum absolute atomic E-state index is 13.1. The molecule has 0 aliphatic carbocycles. The van der Waals surface area contributed by atoms with E-state index in [-0.39, 0.29) is 22.6 Å². The molecule has 1 aliphatic heterocycles. The summed E-state index contributed by atoms with van der Waals surface area (Å²) in [7, 11) is -6.49. The smallest absolute Gasteiger partial charge is 0.261 e. The van der Waals surface area contributed by atoms with Gasteiger partial charge in [0.2, 0.25) is 10.0 Å². The minimum Gasteiger partial charge on any atom is -0.406 e. The molecule has 0 spiro atoms. The monoisotopic (exact) mass is 495 g/mol. The Morgan fingerprint density at radius 1 is 0.941 bits per heavy atom. The highest BCUT2D eigenvalue weighted by atomic mass is 32.2. The Labute approximate surface area is 204 Å². The topological polar surface area (TPSA) is 67.9 Å². The second-order valence-electron chi connectivity index (χ2n) is 9.89. The molecule has 1 N–H and O–H groups in total. The number of nitrogens with one attached hydrogen (secondary N) is 1. The molecule has 0 radical (unpaired) electrons. The zero-order valence-electron chi connectivity index (χ0n) is 20.2. The predicted octanol–water partition coefficient (Wildman–Crippen LogP) is 3.62. The lowest BCUT2D eigenvalue weighted by Gasteiger charge is -2.43. The Morgan fingerprint density at radius 2 is 1.44 bits per heavy atom. The van der Waals surface area contributed by atoms with Crippen LogP contribution in [0.25, 0.3) is 0 Å². The Bertz CT molecular complexity index is 1150. The van der Waals surface area contributed by atoms with Gasteiger partial charge in [-0.15, -0.1) is 0 Å². The van der Waals surface area contributed by atoms with Crippen molar-refractivity contribution in [2.24, 2.45) is 0 Å². The van der Waals surface area contributed by atoms with Crippen LogP contribution in [-0.2, 0) is 19.2 Å². The van der Waals surface area contributed by atoms with E-state index in [1.165, 1.54) is 0 Å². The van der Waals surface area contributed by atoms with E-state index in [9.17, 15) is 8.42 Å². The molecule has 1 saturated heterocycles. The average Bonchev–Trinajstić information content (AvgIpc) is 3.65. The largest absolute Gasteiger partial charge is 0.406 e. The number of ether oxygens (including phenoxy) is 1. The molecule has 1 heterocycles. The van der Waals surface area contributed by atoms with E-state index in [4.69, 9.17) is 9.16 Å². The molecule has 3 aromatic carbocycles. The van der Waals surface area contributed by atoms with Crippen LogP contribution in [0.3, 0.4) is 0 Å². The highest BCUT2D eigenvalue weighted by Crippen LogP contribution is 2.37. The van der Waals surface area contributed by atoms with Gasteiger partial charge < -0.3 is 9.16 Å². The van der Waals surface area contributed by atoms with Crippen LogP contribution < -0.4 is 15.1 Å². The predicted molar refractivity (Wildman–Crippen MR) is 139 cm³/mol. The fourth-order valence-electron chi connectivity index (χ4n) is 4.47. The van der Waals surface area contributed by atoms with Crippen LogP contribution in [-0.4, -0.2) is 42.1 Å². The quantitative estimate of drug-likeness (QED) is 0.364. The zero-order chi connectivity index (χ0) is 24.4. The third-order valence-corrected chi connectivity index (χ3v) is 12.9. The first kappa shape index (κ1) is 24.8. The number of epoxide rings is 1. The summed E-state index contributed by atoms with van der Waals surface area (Å²) in [6, 6.07) is 27.1. The fourth-order valence-corrected chi connectivity index (χ4v) is 10.3. The molecule has 0 aromatic heterocycles. The first-order chi connectivity index (χ1) is 16.1. The van der Waals surface area contributed by atoms with Crippen molar-refractivity contribution in [3.8, 4) is 0 Å². The van der Waals surface area contributed by atoms with Crippen LogP contribution in [0.4, 0.5) is 0 Å². The van der Waals surface area contributed by atoms with Gasteiger partial charge in [-0.05, 0) is 34.5 Å². The summed E-state index contributed by atoms with van der Waals surface area (Å²) in [5.41, 5.74) is 1.01. The maximum Gasteiger partial charge on any atom is 0.261 e. The summed E-state index contributed by atoms with van der Waals surface area (Å²) in [5.74, 6) is 0. The zero-order valence-corrected chi connectivity index (χ0v) is 22.0. The van der Waals surface area contributed by atoms with Crippen molar-refractivity contribution in [3.05, 3.63) is 90.5 Å². The van der Waals surface area contributed by atoms with Crippen molar-refractivity contribution in [2.45, 2.75) is 49.8 Å². The molecular weight excluding hydrogens is 462 g/mol. The molecule has 7 heteroatoms. The van der Waals surface area contributed by atoms with Crippen molar-refractivity contribution in [3.63, 3.8) is 0 Å². The molecule has 2 atom stereocenters. The molecule has 3 aromatic rings. The summed E-state index contributed by atoms with van der Waals surface area (Å²) in [5, 5.41) is 2.12. The van der Waals surface area contributed by atoms with Gasteiger partial charge in [-0.2, -0.15) is 0 Å². The minimum absolute atomic E-state index is 0.194. The van der Waals surface area contributed by atoms with Gasteiger partial charge in [0.15, 0.2) is 0 Å². The van der Waals surface area contributed by atoms with E-state index < -0.39 is 24.4 Å². The fraction of sp³-hybridized carbons (Fsp3) is 0.333. The summed E-state index contributed by atoms with van der Waals surface area (Å²) in [6.45, 7) is 9.30. The van der Waals surface area contributed by atoms with Crippen molar-refractivity contribution in [1.29, 1.82) is 0 Å². The summed E-state index contributed by atoms with van der Waals surface area (Å²) in [4.78, 5) is 0.245. The van der Waals surface area contributed by atoms with E-state index >= 15 is 0 Å². The highest BCUT2D eigenvalue weighted by Gasteiger charge is 2.51. The number of rotatable bonds is 9. The third kappa shape index (κ3) is 5.19. The third-order valence-electron chi connectivity index (χ3n) is 6.34. The van der Waals surface area contributed by atoms with Gasteiger partial charge in [-0.25, -0.2) is 13.1 Å². The second-order valence-corrected chi connectivity index (χ2v) is 15.9. The van der Waals surface area contributed by atoms with Crippen molar-refractivity contribution in [1.82, 2.24) is 4.72 Å². The van der Waals surface area contributed by atoms with Gasteiger partial charge in [0.25, 0.3) is 8.32 Å². The molecular formula is C27H33NO4SSi. The maximum atomic E-state index is 13.1. The molecule has 0 bridgehead atoms. The minimum atomic E-state index is -3.71. The van der Waals surface area contributed by atoms with Crippen LogP contribution in [0.1, 0.15) is 26.3 Å². The normalized spacial score (nSPS) is 17.4. The molecule has 0 unspecified atom stereocenters. The Kier molecular flexibility index (Phi) is 7.12. The van der Waals surface area contributed by atoms with Crippen molar-refractivity contribution < 1.29 is 17.6 Å². The lowest BCUT2D eigenvalue weighted by Crippen LogP contribution is -2.67. The van der Waals surface area contributed by atoms with E-state index in [0.717, 1.165) is 15.9 Å². The van der Waals surface area contributed by atoms with E-state index in [1.54, 1.807) is 24.3 Å². The van der Waals surface area contributed by atoms with Gasteiger partial charge in [0, 0.05) is 0 Å². The molecule has 34 heavy (non-hydrogen) atoms. The molecule has 4 rings (SSSR count). The number of hydrogen-bond acceptors (Lipinski definition) is 4. The lowest BCUT2D eigenvalue weighted by atomic mass is 10.2. The second kappa shape index (κ2) is 9.75. The molecule has 1 fully saturated rings. The standard InChI is InChI=1S/C27H33NO4SSi/c1-21-15-17-22(18-16-21)33(29,30)28-25(26-20-31-26)19-32-34(27(2,3)4,23-11-7-5-8-12-23)24-13-9-6-10-14-24/h5-18,25-26,28H,19-20H2,1-4H3/t25-,26-/m0/s1. The first-order valence-corrected chi connectivity index (χ1v) is 15.0. The Hall–Kier alpha value is -2.29. The number of sulfonamides is 1. The Morgan fingerprint density at radius 3 is 1.88 bits per heavy atom. The summed E-state index contributed by atoms with van der Waals surface area (Å²) < 4.78 is 41.6. The SMILES string of the molecule is Cc1ccc(S(=O)(=O)N[C@@H](CO[Si](c2ccccc2)(c2ccccc2)C(C)(C)C)[C@@H]2CO2)cc1. The van der Waals surface area contributed by atoms with Crippen LogP contribution in [0.15, 0.2) is 89.8 Å². The van der Waals surface area contributed by atoms with Gasteiger partial charge in [0.05, 0.1) is 30.3 Å². The van der Waals surface area contributed by atoms with Crippen LogP contribution >= 0.6 is 0 Å². The number of aryl methyl sites for hydroxylation is 1. The molecule has 5 nitrogen and oxygen atoms in total. The highest BCUT2D eigenvalue weighted by molar-refractivity contribution is 7.89. The molecule has 180 valence electrons. The number of benzene rings is 3. The van der Waals surface area contributed by atoms with Crippen molar-refractivity contribution >= 4 is 28.7 Å². The average molecular weight is 496 g/mol. The van der Waals surface area contributed by atoms with Gasteiger partial charge in [0.1, 0.15) is 0 Å². The van der Waals surface area contributed by atoms with Crippen LogP contribution in [0.5, 0.6) is 0 Å². The number of hydrogen-bond donors (Lipinski definition) is 1. The van der Waals surface area contributed by atoms with Gasteiger partial charge in [-0.3, -0.25) is 0 Å². The van der Waals surface area contributed by atoms with Crippen LogP contribution in [0.2, 0.25) is 5.04 Å². The first-order valence-electron chi connectivity index (χ1n) is 11.6. The van der Waals surface area contributed by atoms with Gasteiger partial charge in [-0.1, -0.05) is 99.1 Å². The lowest BCUT2D eigenvalue weighted by molar-refractivity contribution is 0.233. The summed E-state index contributed by atoms with van der Waals surface area (Å²) in [6.07, 6.45) is -0.196. The van der Waals surface area contributed by atoms with E-state index in [0.29, 0.717) is 6.61 Å². The van der Waals surface area contributed by atoms with Crippen LogP contribution in [0, 0.1) is 6.92 Å². The molecule has 0 amide bonds. The van der Waals surface area contributed by atoms with E-state index in [1.807, 2.05) is 43.3 Å². The van der Waals surface area contributed by atoms with E-state index in [2.05, 4.69) is 49.8 Å². The Balaban J connectivity index is 1.68.